The van der Waals surface area contributed by atoms with Gasteiger partial charge < -0.3 is 15.1 Å². The lowest BCUT2D eigenvalue weighted by Crippen LogP contribution is -2.44. The van der Waals surface area contributed by atoms with Crippen molar-refractivity contribution in [1.29, 1.82) is 0 Å². The van der Waals surface area contributed by atoms with Crippen molar-refractivity contribution in [2.24, 2.45) is 11.0 Å². The van der Waals surface area contributed by atoms with E-state index in [4.69, 9.17) is 9.84 Å². The van der Waals surface area contributed by atoms with Gasteiger partial charge in [-0.05, 0) is 29.7 Å². The quantitative estimate of drug-likeness (QED) is 0.702. The van der Waals surface area contributed by atoms with Gasteiger partial charge in [0.15, 0.2) is 0 Å². The molecule has 0 spiro atoms. The molecule has 0 aromatic heterocycles. The maximum atomic E-state index is 12.5. The molecule has 0 saturated carbocycles. The zero-order valence-corrected chi connectivity index (χ0v) is 18.4. The van der Waals surface area contributed by atoms with E-state index in [1.807, 2.05) is 19.2 Å². The van der Waals surface area contributed by atoms with Gasteiger partial charge in [-0.2, -0.15) is 5.10 Å². The van der Waals surface area contributed by atoms with Crippen molar-refractivity contribution < 1.29 is 19.8 Å². The van der Waals surface area contributed by atoms with E-state index >= 15 is 0 Å². The van der Waals surface area contributed by atoms with Gasteiger partial charge in [-0.3, -0.25) is 14.5 Å². The van der Waals surface area contributed by atoms with Crippen LogP contribution in [-0.4, -0.2) is 79.4 Å². The molecule has 1 atom stereocenters. The van der Waals surface area contributed by atoms with Crippen LogP contribution in [0.25, 0.3) is 0 Å². The number of amides is 2. The third kappa shape index (κ3) is 5.00. The molecule has 0 aliphatic carbocycles. The van der Waals surface area contributed by atoms with Gasteiger partial charge in [0.2, 0.25) is 11.8 Å². The van der Waals surface area contributed by atoms with Gasteiger partial charge in [0, 0.05) is 51.1 Å². The van der Waals surface area contributed by atoms with Crippen LogP contribution in [0.1, 0.15) is 30.9 Å². The summed E-state index contributed by atoms with van der Waals surface area (Å²) < 4.78 is 5.39. The minimum Gasteiger partial charge on any atom is -0.412 e. The molecule has 4 rings (SSSR count). The average molecular weight is 439 g/mol. The number of anilines is 1. The predicted molar refractivity (Wildman–Crippen MR) is 118 cm³/mol. The molecule has 166 valence electrons. The standard InChI is InChI=1S/C21H28N4O3.ClH.H2O/c1-15-13-20(27)25(8-7-24-9-11-28-12-10-24)22-21(15)17-3-5-18-16(14-17)4-6-19(26)23(18)2;;/h3,5,14-15H,4,6-13H2,1-2H3;1H;1H2. The summed E-state index contributed by atoms with van der Waals surface area (Å²) >= 11 is 0. The van der Waals surface area contributed by atoms with Crippen molar-refractivity contribution in [2.45, 2.75) is 26.2 Å². The number of halogens is 1. The Morgan fingerprint density at radius 3 is 2.57 bits per heavy atom. The number of hydrogen-bond acceptors (Lipinski definition) is 5. The van der Waals surface area contributed by atoms with Crippen LogP contribution < -0.4 is 4.90 Å². The Morgan fingerprint density at radius 1 is 1.10 bits per heavy atom. The van der Waals surface area contributed by atoms with E-state index in [-0.39, 0.29) is 35.6 Å². The van der Waals surface area contributed by atoms with Gasteiger partial charge in [0.05, 0.1) is 25.5 Å². The van der Waals surface area contributed by atoms with E-state index in [1.54, 1.807) is 9.91 Å². The number of carbonyl (C=O) groups is 2. The number of hydrogen-bond donors (Lipinski definition) is 0. The third-order valence-corrected chi connectivity index (χ3v) is 5.91. The van der Waals surface area contributed by atoms with Gasteiger partial charge in [-0.25, -0.2) is 5.01 Å². The lowest BCUT2D eigenvalue weighted by atomic mass is 9.90. The summed E-state index contributed by atoms with van der Waals surface area (Å²) in [6, 6.07) is 6.17. The summed E-state index contributed by atoms with van der Waals surface area (Å²) in [6.45, 7) is 6.81. The Hall–Kier alpha value is -2.00. The Balaban J connectivity index is 0.00000160. The Bertz CT molecular complexity index is 810. The first kappa shape index (κ1) is 24.3. The van der Waals surface area contributed by atoms with Crippen LogP contribution in [0.5, 0.6) is 0 Å². The molecule has 1 aromatic rings. The number of ether oxygens (including phenoxy) is 1. The number of morpholine rings is 1. The smallest absolute Gasteiger partial charge is 0.243 e. The topological polar surface area (TPSA) is 97.0 Å². The fourth-order valence-corrected chi connectivity index (χ4v) is 4.14. The number of fused-ring (bicyclic) bond motifs is 1. The lowest BCUT2D eigenvalue weighted by molar-refractivity contribution is -0.132. The first-order valence-corrected chi connectivity index (χ1v) is 10.1. The van der Waals surface area contributed by atoms with Crippen molar-refractivity contribution in [3.8, 4) is 0 Å². The molecule has 2 amide bonds. The highest BCUT2D eigenvalue weighted by atomic mass is 35.5. The zero-order chi connectivity index (χ0) is 19.7. The van der Waals surface area contributed by atoms with Gasteiger partial charge >= 0.3 is 0 Å². The lowest BCUT2D eigenvalue weighted by Gasteiger charge is -2.32. The first-order chi connectivity index (χ1) is 13.5. The van der Waals surface area contributed by atoms with Crippen LogP contribution in [0, 0.1) is 5.92 Å². The highest BCUT2D eigenvalue weighted by Gasteiger charge is 2.29. The molecule has 9 heteroatoms. The fraction of sp³-hybridized carbons (Fsp3) is 0.571. The summed E-state index contributed by atoms with van der Waals surface area (Å²) in [5, 5.41) is 6.38. The Labute approximate surface area is 183 Å². The summed E-state index contributed by atoms with van der Waals surface area (Å²) in [4.78, 5) is 28.5. The van der Waals surface area contributed by atoms with Gasteiger partial charge in [0.25, 0.3) is 0 Å². The minimum absolute atomic E-state index is 0. The second-order valence-electron chi connectivity index (χ2n) is 7.86. The zero-order valence-electron chi connectivity index (χ0n) is 17.6. The summed E-state index contributed by atoms with van der Waals surface area (Å²) in [6.07, 6.45) is 1.78. The maximum absolute atomic E-state index is 12.5. The van der Waals surface area contributed by atoms with E-state index in [1.165, 1.54) is 5.56 Å². The number of aryl methyl sites for hydroxylation is 1. The van der Waals surface area contributed by atoms with E-state index in [0.29, 0.717) is 19.4 Å². The molecule has 0 bridgehead atoms. The molecule has 1 aromatic carbocycles. The van der Waals surface area contributed by atoms with Gasteiger partial charge in [0.1, 0.15) is 0 Å². The van der Waals surface area contributed by atoms with Crippen LogP contribution >= 0.6 is 12.4 Å². The predicted octanol–water partition coefficient (Wildman–Crippen LogP) is 1.10. The van der Waals surface area contributed by atoms with Gasteiger partial charge in [-0.1, -0.05) is 13.0 Å². The Morgan fingerprint density at radius 2 is 1.83 bits per heavy atom. The van der Waals surface area contributed by atoms with E-state index in [0.717, 1.165) is 56.2 Å². The highest BCUT2D eigenvalue weighted by molar-refractivity contribution is 6.06. The molecule has 3 heterocycles. The van der Waals surface area contributed by atoms with Crippen molar-refractivity contribution >= 4 is 35.6 Å². The molecule has 2 N–H and O–H groups in total. The SMILES string of the molecule is CC1CC(=O)N(CCN2CCOCC2)N=C1c1ccc2c(c1)CCC(=O)N2C.Cl.O. The maximum Gasteiger partial charge on any atom is 0.243 e. The molecule has 1 fully saturated rings. The monoisotopic (exact) mass is 438 g/mol. The van der Waals surface area contributed by atoms with Crippen molar-refractivity contribution in [2.75, 3.05) is 51.3 Å². The van der Waals surface area contributed by atoms with Crippen LogP contribution in [0.3, 0.4) is 0 Å². The van der Waals surface area contributed by atoms with Crippen molar-refractivity contribution in [3.05, 3.63) is 29.3 Å². The number of hydrazone groups is 1. The molecule has 3 aliphatic heterocycles. The molecular weight excluding hydrogens is 408 g/mol. The van der Waals surface area contributed by atoms with E-state index in [9.17, 15) is 9.59 Å². The molecule has 8 nitrogen and oxygen atoms in total. The second kappa shape index (κ2) is 10.3. The molecule has 3 aliphatic rings. The van der Waals surface area contributed by atoms with Crippen LogP contribution in [0.15, 0.2) is 23.3 Å². The highest BCUT2D eigenvalue weighted by Crippen LogP contribution is 2.30. The van der Waals surface area contributed by atoms with Crippen molar-refractivity contribution in [1.82, 2.24) is 9.91 Å². The van der Waals surface area contributed by atoms with Crippen LogP contribution in [0.4, 0.5) is 5.69 Å². The number of benzene rings is 1. The van der Waals surface area contributed by atoms with Crippen molar-refractivity contribution in [3.63, 3.8) is 0 Å². The fourth-order valence-electron chi connectivity index (χ4n) is 4.14. The summed E-state index contributed by atoms with van der Waals surface area (Å²) in [5.41, 5.74) is 4.16. The molecular formula is C21H31ClN4O4. The van der Waals surface area contributed by atoms with Crippen LogP contribution in [-0.2, 0) is 20.7 Å². The number of carbonyl (C=O) groups excluding carboxylic acids is 2. The van der Waals surface area contributed by atoms with E-state index < -0.39 is 0 Å². The van der Waals surface area contributed by atoms with Crippen LogP contribution in [0.2, 0.25) is 0 Å². The molecule has 1 saturated heterocycles. The number of rotatable bonds is 4. The Kier molecular flexibility index (Phi) is 8.37. The first-order valence-electron chi connectivity index (χ1n) is 10.1. The molecule has 30 heavy (non-hydrogen) atoms. The molecule has 0 radical (unpaired) electrons. The average Bonchev–Trinajstić information content (AvgIpc) is 2.71. The largest absolute Gasteiger partial charge is 0.412 e. The minimum atomic E-state index is 0. The second-order valence-corrected chi connectivity index (χ2v) is 7.86. The third-order valence-electron chi connectivity index (χ3n) is 5.91. The molecule has 1 unspecified atom stereocenters. The summed E-state index contributed by atoms with van der Waals surface area (Å²) in [7, 11) is 1.83. The van der Waals surface area contributed by atoms with E-state index in [2.05, 4.69) is 17.9 Å². The number of nitrogens with zero attached hydrogens (tertiary/aromatic N) is 4. The van der Waals surface area contributed by atoms with Gasteiger partial charge in [-0.15, -0.1) is 12.4 Å². The summed E-state index contributed by atoms with van der Waals surface area (Å²) in [5.74, 6) is 0.337. The normalized spacial score (nSPS) is 22.1.